The number of nitrogens with one attached hydrogen (secondary N) is 2. The summed E-state index contributed by atoms with van der Waals surface area (Å²) in [7, 11) is 0. The second kappa shape index (κ2) is 8.43. The van der Waals surface area contributed by atoms with E-state index < -0.39 is 0 Å². The Bertz CT molecular complexity index is 747. The smallest absolute Gasteiger partial charge is 0.250 e. The lowest BCUT2D eigenvalue weighted by molar-refractivity contribution is -0.115. The van der Waals surface area contributed by atoms with E-state index in [2.05, 4.69) is 10.6 Å². The predicted octanol–water partition coefficient (Wildman–Crippen LogP) is 3.36. The minimum atomic E-state index is -0.360. The van der Waals surface area contributed by atoms with E-state index in [9.17, 15) is 4.79 Å². The van der Waals surface area contributed by atoms with Crippen molar-refractivity contribution in [2.75, 3.05) is 5.32 Å². The number of thiocarbonyl (C=S) groups is 1. The lowest BCUT2D eigenvalue weighted by Crippen LogP contribution is -2.32. The Kier molecular flexibility index (Phi) is 6.29. The second-order valence-corrected chi connectivity index (χ2v) is 5.47. The summed E-state index contributed by atoms with van der Waals surface area (Å²) < 4.78 is 0. The van der Waals surface area contributed by atoms with Gasteiger partial charge in [0.2, 0.25) is 5.91 Å². The second-order valence-electron chi connectivity index (χ2n) is 4.66. The molecule has 118 valence electrons. The van der Waals surface area contributed by atoms with Crippen molar-refractivity contribution < 1.29 is 9.90 Å². The van der Waals surface area contributed by atoms with Crippen molar-refractivity contribution in [3.8, 4) is 0 Å². The van der Waals surface area contributed by atoms with Gasteiger partial charge in [-0.1, -0.05) is 41.9 Å². The number of aliphatic hydroxyl groups is 1. The van der Waals surface area contributed by atoms with E-state index in [1.807, 2.05) is 18.2 Å². The molecule has 4 nitrogen and oxygen atoms in total. The average molecular weight is 347 g/mol. The maximum absolute atomic E-state index is 11.8. The van der Waals surface area contributed by atoms with E-state index in [0.717, 1.165) is 11.1 Å². The number of carbonyl (C=O) groups excluding carboxylic acids is 1. The summed E-state index contributed by atoms with van der Waals surface area (Å²) in [6.07, 6.45) is 2.98. The van der Waals surface area contributed by atoms with Crippen LogP contribution in [0.2, 0.25) is 5.02 Å². The van der Waals surface area contributed by atoms with Gasteiger partial charge in [-0.05, 0) is 47.6 Å². The highest BCUT2D eigenvalue weighted by Crippen LogP contribution is 2.16. The molecule has 0 aliphatic carbocycles. The standard InChI is InChI=1S/C17H15ClN2O2S/c18-15-7-2-1-5-13(15)8-9-16(22)20-17(23)19-14-6-3-4-12(10-14)11-21/h1-10,21H,11H2,(H2,19,20,22,23). The van der Waals surface area contributed by atoms with Crippen molar-refractivity contribution in [2.24, 2.45) is 0 Å². The third-order valence-corrected chi connectivity index (χ3v) is 3.47. The van der Waals surface area contributed by atoms with Crippen LogP contribution in [0.15, 0.2) is 54.6 Å². The SMILES string of the molecule is O=C(C=Cc1ccccc1Cl)NC(=S)Nc1cccc(CO)c1. The molecule has 0 aliphatic heterocycles. The number of rotatable bonds is 4. The molecular weight excluding hydrogens is 332 g/mol. The first kappa shape index (κ1) is 17.1. The number of halogens is 1. The molecule has 0 atom stereocenters. The Hall–Kier alpha value is -2.21. The van der Waals surface area contributed by atoms with Gasteiger partial charge >= 0.3 is 0 Å². The van der Waals surface area contributed by atoms with Crippen LogP contribution >= 0.6 is 23.8 Å². The largest absolute Gasteiger partial charge is 0.392 e. The highest BCUT2D eigenvalue weighted by Gasteiger charge is 2.03. The van der Waals surface area contributed by atoms with Gasteiger partial charge < -0.3 is 10.4 Å². The van der Waals surface area contributed by atoms with Gasteiger partial charge in [-0.15, -0.1) is 0 Å². The summed E-state index contributed by atoms with van der Waals surface area (Å²) in [4.78, 5) is 11.8. The van der Waals surface area contributed by atoms with Crippen LogP contribution in [0.5, 0.6) is 0 Å². The first-order valence-electron chi connectivity index (χ1n) is 6.83. The number of hydrogen-bond acceptors (Lipinski definition) is 3. The quantitative estimate of drug-likeness (QED) is 0.587. The number of benzene rings is 2. The first-order chi connectivity index (χ1) is 11.1. The average Bonchev–Trinajstić information content (AvgIpc) is 2.54. The van der Waals surface area contributed by atoms with E-state index in [4.69, 9.17) is 28.9 Å². The van der Waals surface area contributed by atoms with Crippen LogP contribution in [0, 0.1) is 0 Å². The number of hydrogen-bond donors (Lipinski definition) is 3. The number of amides is 1. The molecule has 0 saturated heterocycles. The van der Waals surface area contributed by atoms with Gasteiger partial charge in [-0.2, -0.15) is 0 Å². The molecule has 2 aromatic carbocycles. The van der Waals surface area contributed by atoms with Crippen LogP contribution in [-0.4, -0.2) is 16.1 Å². The van der Waals surface area contributed by atoms with Crippen LogP contribution in [0.4, 0.5) is 5.69 Å². The zero-order chi connectivity index (χ0) is 16.7. The fraction of sp³-hybridized carbons (Fsp3) is 0.0588. The lowest BCUT2D eigenvalue weighted by Gasteiger charge is -2.09. The number of aliphatic hydroxyl groups excluding tert-OH is 1. The molecule has 3 N–H and O–H groups in total. The van der Waals surface area contributed by atoms with Crippen LogP contribution < -0.4 is 10.6 Å². The summed E-state index contributed by atoms with van der Waals surface area (Å²) >= 11 is 11.1. The normalized spacial score (nSPS) is 10.5. The topological polar surface area (TPSA) is 61.4 Å². The summed E-state index contributed by atoms with van der Waals surface area (Å²) in [6, 6.07) is 14.3. The van der Waals surface area contributed by atoms with Crippen molar-refractivity contribution in [3.63, 3.8) is 0 Å². The molecule has 1 amide bonds. The molecule has 6 heteroatoms. The Labute approximate surface area is 144 Å². The van der Waals surface area contributed by atoms with Crippen molar-refractivity contribution in [2.45, 2.75) is 6.61 Å². The van der Waals surface area contributed by atoms with Crippen LogP contribution in [0.1, 0.15) is 11.1 Å². The van der Waals surface area contributed by atoms with Crippen molar-refractivity contribution in [3.05, 3.63) is 70.8 Å². The van der Waals surface area contributed by atoms with Gasteiger partial charge in [-0.25, -0.2) is 0 Å². The Morgan fingerprint density at radius 3 is 2.74 bits per heavy atom. The fourth-order valence-electron chi connectivity index (χ4n) is 1.84. The molecule has 0 bridgehead atoms. The third-order valence-electron chi connectivity index (χ3n) is 2.92. The van der Waals surface area contributed by atoms with Crippen LogP contribution in [0.25, 0.3) is 6.08 Å². The molecule has 0 aliphatic rings. The predicted molar refractivity (Wildman–Crippen MR) is 97.2 cm³/mol. The molecule has 2 rings (SSSR count). The molecule has 23 heavy (non-hydrogen) atoms. The molecule has 0 heterocycles. The van der Waals surface area contributed by atoms with E-state index in [-0.39, 0.29) is 17.6 Å². The fourth-order valence-corrected chi connectivity index (χ4v) is 2.26. The van der Waals surface area contributed by atoms with Crippen molar-refractivity contribution >= 4 is 46.6 Å². The van der Waals surface area contributed by atoms with E-state index >= 15 is 0 Å². The minimum Gasteiger partial charge on any atom is -0.392 e. The molecule has 0 spiro atoms. The highest BCUT2D eigenvalue weighted by molar-refractivity contribution is 7.80. The van der Waals surface area contributed by atoms with E-state index in [0.29, 0.717) is 10.7 Å². The Balaban J connectivity index is 1.92. The van der Waals surface area contributed by atoms with E-state index in [1.54, 1.807) is 36.4 Å². The first-order valence-corrected chi connectivity index (χ1v) is 7.61. The highest BCUT2D eigenvalue weighted by atomic mass is 35.5. The van der Waals surface area contributed by atoms with Crippen molar-refractivity contribution in [1.29, 1.82) is 0 Å². The molecule has 0 fully saturated rings. The molecule has 2 aromatic rings. The van der Waals surface area contributed by atoms with E-state index in [1.165, 1.54) is 6.08 Å². The maximum atomic E-state index is 11.8. The zero-order valence-electron chi connectivity index (χ0n) is 12.1. The van der Waals surface area contributed by atoms with Gasteiger partial charge in [0.15, 0.2) is 5.11 Å². The van der Waals surface area contributed by atoms with Crippen molar-refractivity contribution in [1.82, 2.24) is 5.32 Å². The van der Waals surface area contributed by atoms with Crippen LogP contribution in [-0.2, 0) is 11.4 Å². The number of anilines is 1. The monoisotopic (exact) mass is 346 g/mol. The molecule has 0 saturated carbocycles. The molecule has 0 aromatic heterocycles. The Morgan fingerprint density at radius 2 is 2.00 bits per heavy atom. The van der Waals surface area contributed by atoms with Gasteiger partial charge in [0.1, 0.15) is 0 Å². The summed E-state index contributed by atoms with van der Waals surface area (Å²) in [5.74, 6) is -0.360. The summed E-state index contributed by atoms with van der Waals surface area (Å²) in [5, 5.41) is 15.3. The summed E-state index contributed by atoms with van der Waals surface area (Å²) in [6.45, 7) is -0.0603. The van der Waals surface area contributed by atoms with Crippen LogP contribution in [0.3, 0.4) is 0 Å². The zero-order valence-corrected chi connectivity index (χ0v) is 13.7. The van der Waals surface area contributed by atoms with Gasteiger partial charge in [0.05, 0.1) is 6.61 Å². The lowest BCUT2D eigenvalue weighted by atomic mass is 10.2. The molecule has 0 unspecified atom stereocenters. The molecular formula is C17H15ClN2O2S. The Morgan fingerprint density at radius 1 is 1.22 bits per heavy atom. The van der Waals surface area contributed by atoms with Gasteiger partial charge in [0, 0.05) is 16.8 Å². The van der Waals surface area contributed by atoms with Gasteiger partial charge in [0.25, 0.3) is 0 Å². The third kappa shape index (κ3) is 5.49. The number of carbonyl (C=O) groups is 1. The maximum Gasteiger partial charge on any atom is 0.250 e. The van der Waals surface area contributed by atoms with Gasteiger partial charge in [-0.3, -0.25) is 10.1 Å². The summed E-state index contributed by atoms with van der Waals surface area (Å²) in [5.41, 5.74) is 2.19. The minimum absolute atomic E-state index is 0.0603. The molecule has 0 radical (unpaired) electrons.